The van der Waals surface area contributed by atoms with Crippen LogP contribution in [0.5, 0.6) is 0 Å². The Labute approximate surface area is 82.5 Å². The van der Waals surface area contributed by atoms with Crippen LogP contribution in [0.2, 0.25) is 0 Å². The number of carbonyl (C=O) groups is 1. The number of nitrogens with zero attached hydrogens (tertiary/aromatic N) is 1. The molecule has 2 fully saturated rings. The quantitative estimate of drug-likeness (QED) is 0.688. The predicted octanol–water partition coefficient (Wildman–Crippen LogP) is 1.04. The normalized spacial score (nSPS) is 40.2. The molecule has 0 saturated carbocycles. The second kappa shape index (κ2) is 3.17. The summed E-state index contributed by atoms with van der Waals surface area (Å²) in [6.45, 7) is 0.953. The van der Waals surface area contributed by atoms with E-state index in [1.54, 1.807) is 0 Å². The van der Waals surface area contributed by atoms with Gasteiger partial charge in [-0.15, -0.1) is 0 Å². The van der Waals surface area contributed by atoms with E-state index in [1.807, 2.05) is 23.7 Å². The summed E-state index contributed by atoms with van der Waals surface area (Å²) in [7, 11) is 1.92. The molecule has 2 atom stereocenters. The number of thioether (sulfide) groups is 1. The molecule has 74 valence electrons. The highest BCUT2D eigenvalue weighted by Gasteiger charge is 2.47. The summed E-state index contributed by atoms with van der Waals surface area (Å²) in [5.41, 5.74) is 0. The lowest BCUT2D eigenvalue weighted by Gasteiger charge is -2.20. The van der Waals surface area contributed by atoms with Crippen LogP contribution in [0.25, 0.3) is 0 Å². The van der Waals surface area contributed by atoms with Crippen LogP contribution in [0.3, 0.4) is 0 Å². The van der Waals surface area contributed by atoms with Gasteiger partial charge in [0.05, 0.1) is 0 Å². The van der Waals surface area contributed by atoms with E-state index in [1.165, 1.54) is 18.6 Å². The third kappa shape index (κ3) is 1.57. The van der Waals surface area contributed by atoms with E-state index in [9.17, 15) is 4.79 Å². The van der Waals surface area contributed by atoms with Crippen molar-refractivity contribution in [3.05, 3.63) is 0 Å². The van der Waals surface area contributed by atoms with E-state index in [4.69, 9.17) is 5.11 Å². The summed E-state index contributed by atoms with van der Waals surface area (Å²) in [5.74, 6) is 0.548. The number of hydrogen-bond acceptors (Lipinski definition) is 3. The molecule has 2 aliphatic heterocycles. The Balaban J connectivity index is 2.09. The maximum absolute atomic E-state index is 10.9. The van der Waals surface area contributed by atoms with Crippen molar-refractivity contribution in [2.45, 2.75) is 30.1 Å². The van der Waals surface area contributed by atoms with Crippen LogP contribution in [-0.2, 0) is 4.79 Å². The van der Waals surface area contributed by atoms with Crippen molar-refractivity contribution in [3.8, 4) is 0 Å². The summed E-state index contributed by atoms with van der Waals surface area (Å²) < 4.78 is 0.276. The molecule has 2 unspecified atom stereocenters. The number of likely N-dealkylation sites (tertiary alicyclic amines) is 1. The molecule has 4 heteroatoms. The zero-order valence-electron chi connectivity index (χ0n) is 7.82. The van der Waals surface area contributed by atoms with Crippen molar-refractivity contribution in [1.29, 1.82) is 0 Å². The maximum atomic E-state index is 10.9. The molecule has 0 aliphatic carbocycles. The third-order valence-electron chi connectivity index (χ3n) is 3.11. The molecule has 0 aromatic carbocycles. The lowest BCUT2D eigenvalue weighted by Crippen LogP contribution is -2.32. The van der Waals surface area contributed by atoms with E-state index < -0.39 is 5.97 Å². The van der Waals surface area contributed by atoms with Crippen LogP contribution in [-0.4, -0.2) is 46.1 Å². The Morgan fingerprint density at radius 2 is 2.46 bits per heavy atom. The Morgan fingerprint density at radius 1 is 1.69 bits per heavy atom. The molecule has 3 nitrogen and oxygen atoms in total. The molecular weight excluding hydrogens is 186 g/mol. The van der Waals surface area contributed by atoms with Gasteiger partial charge < -0.3 is 5.11 Å². The van der Waals surface area contributed by atoms with Gasteiger partial charge in [0.15, 0.2) is 0 Å². The lowest BCUT2D eigenvalue weighted by atomic mass is 10.00. The summed E-state index contributed by atoms with van der Waals surface area (Å²) in [4.78, 5) is 12.9. The highest BCUT2D eigenvalue weighted by atomic mass is 32.2. The standard InChI is InChI=1S/C9H15NO2S/c1-10-6-9(3-2-4-13-9)5-7(10)8(11)12/h7H,2-6H2,1H3,(H,11,12). The second-order valence-corrected chi connectivity index (χ2v) is 5.67. The van der Waals surface area contributed by atoms with Gasteiger partial charge in [-0.05, 0) is 32.1 Å². The van der Waals surface area contributed by atoms with E-state index in [0.29, 0.717) is 0 Å². The fourth-order valence-electron chi connectivity index (χ4n) is 2.45. The molecule has 0 radical (unpaired) electrons. The van der Waals surface area contributed by atoms with Crippen LogP contribution in [0.4, 0.5) is 0 Å². The predicted molar refractivity (Wildman–Crippen MR) is 53.1 cm³/mol. The van der Waals surface area contributed by atoms with Gasteiger partial charge in [-0.1, -0.05) is 0 Å². The van der Waals surface area contributed by atoms with Crippen LogP contribution in [0.1, 0.15) is 19.3 Å². The van der Waals surface area contributed by atoms with Gasteiger partial charge in [-0.2, -0.15) is 11.8 Å². The first kappa shape index (κ1) is 9.34. The van der Waals surface area contributed by atoms with Gasteiger partial charge >= 0.3 is 5.97 Å². The average molecular weight is 201 g/mol. The Kier molecular flexibility index (Phi) is 2.28. The Hall–Kier alpha value is -0.220. The maximum Gasteiger partial charge on any atom is 0.320 e. The van der Waals surface area contributed by atoms with Crippen molar-refractivity contribution in [1.82, 2.24) is 4.90 Å². The molecule has 1 N–H and O–H groups in total. The molecule has 1 spiro atoms. The van der Waals surface area contributed by atoms with Crippen molar-refractivity contribution >= 4 is 17.7 Å². The van der Waals surface area contributed by atoms with E-state index in [0.717, 1.165) is 13.0 Å². The molecule has 2 rings (SSSR count). The number of carboxylic acid groups (broad SMARTS) is 1. The Bertz CT molecular complexity index is 226. The highest BCUT2D eigenvalue weighted by Crippen LogP contribution is 2.46. The number of likely N-dealkylation sites (N-methyl/N-ethyl adjacent to an activating group) is 1. The minimum atomic E-state index is -0.660. The molecular formula is C9H15NO2S. The first-order chi connectivity index (χ1) is 6.13. The van der Waals surface area contributed by atoms with Crippen LogP contribution in [0, 0.1) is 0 Å². The largest absolute Gasteiger partial charge is 0.480 e. The monoisotopic (exact) mass is 201 g/mol. The van der Waals surface area contributed by atoms with E-state index in [-0.39, 0.29) is 10.8 Å². The average Bonchev–Trinajstić information content (AvgIpc) is 2.60. The first-order valence-corrected chi connectivity index (χ1v) is 5.69. The summed E-state index contributed by atoms with van der Waals surface area (Å²) in [6.07, 6.45) is 3.29. The summed E-state index contributed by atoms with van der Waals surface area (Å²) >= 11 is 1.97. The minimum absolute atomic E-state index is 0.245. The third-order valence-corrected chi connectivity index (χ3v) is 4.71. The summed E-state index contributed by atoms with van der Waals surface area (Å²) in [6, 6.07) is -0.245. The molecule has 2 saturated heterocycles. The van der Waals surface area contributed by atoms with Crippen molar-refractivity contribution < 1.29 is 9.90 Å². The fraction of sp³-hybridized carbons (Fsp3) is 0.889. The van der Waals surface area contributed by atoms with Crippen LogP contribution < -0.4 is 0 Å². The van der Waals surface area contributed by atoms with Crippen molar-refractivity contribution in [3.63, 3.8) is 0 Å². The van der Waals surface area contributed by atoms with Gasteiger partial charge in [0.25, 0.3) is 0 Å². The van der Waals surface area contributed by atoms with Crippen LogP contribution >= 0.6 is 11.8 Å². The SMILES string of the molecule is CN1CC2(CCCS2)CC1C(=O)O. The van der Waals surface area contributed by atoms with Gasteiger partial charge in [-0.3, -0.25) is 9.69 Å². The van der Waals surface area contributed by atoms with Crippen molar-refractivity contribution in [2.24, 2.45) is 0 Å². The first-order valence-electron chi connectivity index (χ1n) is 4.70. The van der Waals surface area contributed by atoms with Gasteiger partial charge in [-0.25, -0.2) is 0 Å². The molecule has 0 aromatic rings. The zero-order chi connectivity index (χ0) is 9.47. The molecule has 0 amide bonds. The highest BCUT2D eigenvalue weighted by molar-refractivity contribution is 8.00. The molecule has 0 aromatic heterocycles. The second-order valence-electron chi connectivity index (χ2n) is 4.11. The lowest BCUT2D eigenvalue weighted by molar-refractivity contribution is -0.141. The fourth-order valence-corrected chi connectivity index (χ4v) is 4.04. The Morgan fingerprint density at radius 3 is 2.92 bits per heavy atom. The van der Waals surface area contributed by atoms with E-state index >= 15 is 0 Å². The number of carboxylic acids is 1. The molecule has 2 heterocycles. The molecule has 13 heavy (non-hydrogen) atoms. The molecule has 2 aliphatic rings. The van der Waals surface area contributed by atoms with Crippen LogP contribution in [0.15, 0.2) is 0 Å². The zero-order valence-corrected chi connectivity index (χ0v) is 8.64. The number of rotatable bonds is 1. The number of hydrogen-bond donors (Lipinski definition) is 1. The smallest absolute Gasteiger partial charge is 0.320 e. The minimum Gasteiger partial charge on any atom is -0.480 e. The van der Waals surface area contributed by atoms with Gasteiger partial charge in [0.2, 0.25) is 0 Å². The summed E-state index contributed by atoms with van der Waals surface area (Å²) in [5, 5.41) is 8.98. The van der Waals surface area contributed by atoms with E-state index in [2.05, 4.69) is 0 Å². The topological polar surface area (TPSA) is 40.5 Å². The number of aliphatic carboxylic acids is 1. The van der Waals surface area contributed by atoms with Gasteiger partial charge in [0.1, 0.15) is 6.04 Å². The van der Waals surface area contributed by atoms with Gasteiger partial charge in [0, 0.05) is 11.3 Å². The molecule has 0 bridgehead atoms. The van der Waals surface area contributed by atoms with Crippen molar-refractivity contribution in [2.75, 3.05) is 19.3 Å².